The van der Waals surface area contributed by atoms with Crippen LogP contribution in [0.2, 0.25) is 0 Å². The van der Waals surface area contributed by atoms with E-state index in [2.05, 4.69) is 5.32 Å². The van der Waals surface area contributed by atoms with Gasteiger partial charge in [0.15, 0.2) is 0 Å². The van der Waals surface area contributed by atoms with Gasteiger partial charge in [-0.25, -0.2) is 0 Å². The molecule has 1 saturated heterocycles. The Kier molecular flexibility index (Phi) is 5.61. The van der Waals surface area contributed by atoms with Gasteiger partial charge in [-0.3, -0.25) is 19.3 Å². The van der Waals surface area contributed by atoms with E-state index in [0.717, 1.165) is 27.8 Å². The molecular weight excluding hydrogens is 364 g/mol. The highest BCUT2D eigenvalue weighted by molar-refractivity contribution is 8.18. The number of imide groups is 1. The maximum atomic E-state index is 12.4. The minimum Gasteiger partial charge on any atom is -0.507 e. The van der Waals surface area contributed by atoms with E-state index >= 15 is 0 Å². The predicted octanol–water partition coefficient (Wildman–Crippen LogP) is 3.17. The molecule has 0 unspecified atom stereocenters. The van der Waals surface area contributed by atoms with Crippen LogP contribution in [0.1, 0.15) is 21.5 Å². The molecule has 2 N–H and O–H groups in total. The van der Waals surface area contributed by atoms with Gasteiger partial charge in [-0.2, -0.15) is 0 Å². The van der Waals surface area contributed by atoms with Crippen molar-refractivity contribution < 1.29 is 19.5 Å². The second kappa shape index (κ2) is 8.09. The summed E-state index contributed by atoms with van der Waals surface area (Å²) < 4.78 is 0. The summed E-state index contributed by atoms with van der Waals surface area (Å²) in [4.78, 5) is 38.1. The summed E-state index contributed by atoms with van der Waals surface area (Å²) in [6, 6.07) is 14.0. The van der Waals surface area contributed by atoms with Crippen LogP contribution in [0.5, 0.6) is 5.75 Å². The van der Waals surface area contributed by atoms with Crippen LogP contribution in [0.15, 0.2) is 53.4 Å². The van der Waals surface area contributed by atoms with Gasteiger partial charge in [0.2, 0.25) is 0 Å². The minimum absolute atomic E-state index is 0.0646. The molecule has 1 heterocycles. The SMILES string of the molecule is Cc1ccc(C(=O)NCCN2C(=O)S/C(=C\c3ccccc3)C2=O)c(O)c1. The van der Waals surface area contributed by atoms with E-state index in [1.54, 1.807) is 12.1 Å². The first kappa shape index (κ1) is 18.7. The van der Waals surface area contributed by atoms with Crippen molar-refractivity contribution in [3.05, 3.63) is 70.1 Å². The molecule has 0 spiro atoms. The predicted molar refractivity (Wildman–Crippen MR) is 104 cm³/mol. The highest BCUT2D eigenvalue weighted by Crippen LogP contribution is 2.31. The molecule has 0 atom stereocenters. The van der Waals surface area contributed by atoms with E-state index in [1.165, 1.54) is 12.1 Å². The number of phenols is 1. The normalized spacial score (nSPS) is 15.4. The second-order valence-corrected chi connectivity index (χ2v) is 7.01. The zero-order valence-corrected chi connectivity index (χ0v) is 15.5. The molecule has 1 aliphatic heterocycles. The maximum Gasteiger partial charge on any atom is 0.293 e. The van der Waals surface area contributed by atoms with Crippen LogP contribution in [0.3, 0.4) is 0 Å². The molecular formula is C20H18N2O4S. The number of thioether (sulfide) groups is 1. The van der Waals surface area contributed by atoms with Crippen molar-refractivity contribution in [2.45, 2.75) is 6.92 Å². The quantitative estimate of drug-likeness (QED) is 0.776. The fraction of sp³-hybridized carbons (Fsp3) is 0.150. The number of rotatable bonds is 5. The molecule has 0 aromatic heterocycles. The van der Waals surface area contributed by atoms with E-state index in [4.69, 9.17) is 0 Å². The minimum atomic E-state index is -0.459. The van der Waals surface area contributed by atoms with Crippen LogP contribution in [0.25, 0.3) is 6.08 Å². The van der Waals surface area contributed by atoms with Gasteiger partial charge in [-0.1, -0.05) is 36.4 Å². The number of amides is 3. The second-order valence-electron chi connectivity index (χ2n) is 6.02. The average Bonchev–Trinajstić information content (AvgIpc) is 2.89. The third-order valence-electron chi connectivity index (χ3n) is 3.99. The van der Waals surface area contributed by atoms with Crippen molar-refractivity contribution in [2.75, 3.05) is 13.1 Å². The van der Waals surface area contributed by atoms with Crippen LogP contribution in [0, 0.1) is 6.92 Å². The van der Waals surface area contributed by atoms with Gasteiger partial charge >= 0.3 is 0 Å². The average molecular weight is 382 g/mol. The van der Waals surface area contributed by atoms with Crippen LogP contribution >= 0.6 is 11.8 Å². The van der Waals surface area contributed by atoms with Crippen molar-refractivity contribution in [1.82, 2.24) is 10.2 Å². The Hall–Kier alpha value is -3.06. The standard InChI is InChI=1S/C20H18N2O4S/c1-13-7-8-15(16(23)11-13)18(24)21-9-10-22-19(25)17(27-20(22)26)12-14-5-3-2-4-6-14/h2-8,11-12,23H,9-10H2,1H3,(H,21,24)/b17-12-. The number of hydrogen-bond acceptors (Lipinski definition) is 5. The number of phenolic OH excluding ortho intramolecular Hbond substituents is 1. The van der Waals surface area contributed by atoms with E-state index in [9.17, 15) is 19.5 Å². The van der Waals surface area contributed by atoms with Crippen LogP contribution in [-0.4, -0.2) is 40.1 Å². The lowest BCUT2D eigenvalue weighted by Crippen LogP contribution is -2.37. The summed E-state index contributed by atoms with van der Waals surface area (Å²) in [6.07, 6.45) is 1.67. The van der Waals surface area contributed by atoms with Gasteiger partial charge in [-0.15, -0.1) is 0 Å². The van der Waals surface area contributed by atoms with E-state index in [1.807, 2.05) is 37.3 Å². The summed E-state index contributed by atoms with van der Waals surface area (Å²) in [5.41, 5.74) is 1.83. The van der Waals surface area contributed by atoms with Crippen molar-refractivity contribution in [3.8, 4) is 5.75 Å². The van der Waals surface area contributed by atoms with Gasteiger partial charge < -0.3 is 10.4 Å². The number of aryl methyl sites for hydroxylation is 1. The summed E-state index contributed by atoms with van der Waals surface area (Å²) in [5, 5.41) is 12.1. The zero-order chi connectivity index (χ0) is 19.4. The summed E-state index contributed by atoms with van der Waals surface area (Å²) in [5.74, 6) is -0.940. The fourth-order valence-corrected chi connectivity index (χ4v) is 3.47. The van der Waals surface area contributed by atoms with E-state index in [0.29, 0.717) is 4.91 Å². The van der Waals surface area contributed by atoms with Gasteiger partial charge in [0.25, 0.3) is 17.1 Å². The summed E-state index contributed by atoms with van der Waals surface area (Å²) >= 11 is 0.882. The topological polar surface area (TPSA) is 86.7 Å². The smallest absolute Gasteiger partial charge is 0.293 e. The van der Waals surface area contributed by atoms with Crippen LogP contribution in [0.4, 0.5) is 4.79 Å². The molecule has 0 saturated carbocycles. The highest BCUT2D eigenvalue weighted by Gasteiger charge is 2.34. The van der Waals surface area contributed by atoms with Crippen molar-refractivity contribution >= 4 is 34.9 Å². The Morgan fingerprint density at radius 3 is 2.63 bits per heavy atom. The monoisotopic (exact) mass is 382 g/mol. The van der Waals surface area contributed by atoms with Crippen molar-refractivity contribution in [2.24, 2.45) is 0 Å². The first-order valence-corrected chi connectivity index (χ1v) is 9.15. The Morgan fingerprint density at radius 2 is 1.93 bits per heavy atom. The molecule has 2 aromatic rings. The molecule has 0 radical (unpaired) electrons. The molecule has 0 bridgehead atoms. The molecule has 3 rings (SSSR count). The Bertz CT molecular complexity index is 925. The summed E-state index contributed by atoms with van der Waals surface area (Å²) in [7, 11) is 0. The molecule has 138 valence electrons. The van der Waals surface area contributed by atoms with Crippen molar-refractivity contribution in [1.29, 1.82) is 0 Å². The third-order valence-corrected chi connectivity index (χ3v) is 4.90. The molecule has 3 amide bonds. The van der Waals surface area contributed by atoms with Gasteiger partial charge in [0, 0.05) is 13.1 Å². The van der Waals surface area contributed by atoms with E-state index < -0.39 is 5.91 Å². The molecule has 6 nitrogen and oxygen atoms in total. The summed E-state index contributed by atoms with van der Waals surface area (Å²) in [6.45, 7) is 1.97. The molecule has 2 aromatic carbocycles. The third kappa shape index (κ3) is 4.38. The Morgan fingerprint density at radius 1 is 1.19 bits per heavy atom. The molecule has 1 fully saturated rings. The largest absolute Gasteiger partial charge is 0.507 e. The van der Waals surface area contributed by atoms with E-state index in [-0.39, 0.29) is 35.5 Å². The molecule has 27 heavy (non-hydrogen) atoms. The van der Waals surface area contributed by atoms with Gasteiger partial charge in [0.1, 0.15) is 5.75 Å². The van der Waals surface area contributed by atoms with Gasteiger partial charge in [-0.05, 0) is 48.0 Å². The Balaban J connectivity index is 1.59. The highest BCUT2D eigenvalue weighted by atomic mass is 32.2. The first-order valence-electron chi connectivity index (χ1n) is 8.34. The molecule has 1 aliphatic rings. The maximum absolute atomic E-state index is 12.4. The first-order chi connectivity index (χ1) is 13.0. The number of carbonyl (C=O) groups excluding carboxylic acids is 3. The Labute approximate surface area is 160 Å². The number of nitrogens with zero attached hydrogens (tertiary/aromatic N) is 1. The van der Waals surface area contributed by atoms with Crippen molar-refractivity contribution in [3.63, 3.8) is 0 Å². The van der Waals surface area contributed by atoms with Crippen LogP contribution in [-0.2, 0) is 4.79 Å². The number of nitrogens with one attached hydrogen (secondary N) is 1. The lowest BCUT2D eigenvalue weighted by Gasteiger charge is -2.13. The molecule has 7 heteroatoms. The van der Waals surface area contributed by atoms with Crippen LogP contribution < -0.4 is 5.32 Å². The lowest BCUT2D eigenvalue weighted by atomic mass is 10.1. The molecule has 0 aliphatic carbocycles. The number of aromatic hydroxyl groups is 1. The zero-order valence-electron chi connectivity index (χ0n) is 14.6. The number of benzene rings is 2. The number of carbonyl (C=O) groups is 3. The van der Waals surface area contributed by atoms with Gasteiger partial charge in [0.05, 0.1) is 10.5 Å². The fourth-order valence-electron chi connectivity index (χ4n) is 2.60. The number of hydrogen-bond donors (Lipinski definition) is 2. The lowest BCUT2D eigenvalue weighted by molar-refractivity contribution is -0.122.